The molecule has 0 nitrogen and oxygen atoms in total. The van der Waals surface area contributed by atoms with Gasteiger partial charge in [0.05, 0.1) is 0 Å². The van der Waals surface area contributed by atoms with Crippen LogP contribution >= 0.6 is 0 Å². The molecule has 41 heavy (non-hydrogen) atoms. The van der Waals surface area contributed by atoms with Gasteiger partial charge in [-0.3, -0.25) is 0 Å². The molecule has 0 saturated heterocycles. The van der Waals surface area contributed by atoms with Gasteiger partial charge in [-0.05, 0) is 174 Å². The van der Waals surface area contributed by atoms with Crippen LogP contribution in [0.1, 0.15) is 95.5 Å². The van der Waals surface area contributed by atoms with Crippen LogP contribution in [0.5, 0.6) is 0 Å². The van der Waals surface area contributed by atoms with Gasteiger partial charge in [-0.2, -0.15) is 0 Å². The Morgan fingerprint density at radius 3 is 2.46 bits per heavy atom. The Morgan fingerprint density at radius 2 is 1.66 bits per heavy atom. The molecular formula is C41H46. The summed E-state index contributed by atoms with van der Waals surface area (Å²) in [6.45, 7) is 18.5. The normalized spacial score (nSPS) is 25.2. The molecule has 1 unspecified atom stereocenters. The Bertz CT molecular complexity index is 1600. The number of hydrogen-bond donors (Lipinski definition) is 0. The lowest BCUT2D eigenvalue weighted by Gasteiger charge is -2.31. The maximum atomic E-state index is 4.67. The molecule has 1 saturated carbocycles. The third kappa shape index (κ3) is 4.68. The molecule has 5 aliphatic carbocycles. The zero-order valence-electron chi connectivity index (χ0n) is 25.8. The van der Waals surface area contributed by atoms with Crippen molar-refractivity contribution in [2.75, 3.05) is 0 Å². The van der Waals surface area contributed by atoms with E-state index in [1.807, 2.05) is 0 Å². The molecule has 210 valence electrons. The van der Waals surface area contributed by atoms with Gasteiger partial charge in [0.25, 0.3) is 0 Å². The Morgan fingerprint density at radius 1 is 0.854 bits per heavy atom. The highest BCUT2D eigenvalue weighted by Gasteiger charge is 2.35. The summed E-state index contributed by atoms with van der Waals surface area (Å²) < 4.78 is 0. The number of fused-ring (bicyclic) bond motifs is 3. The van der Waals surface area contributed by atoms with E-state index in [4.69, 9.17) is 0 Å². The summed E-state index contributed by atoms with van der Waals surface area (Å²) in [6.07, 6.45) is 21.6. The first-order valence-electron chi connectivity index (χ1n) is 16.2. The van der Waals surface area contributed by atoms with Gasteiger partial charge in [-0.1, -0.05) is 74.9 Å². The minimum absolute atomic E-state index is 0.658. The van der Waals surface area contributed by atoms with E-state index in [0.717, 1.165) is 43.9 Å². The van der Waals surface area contributed by atoms with Crippen molar-refractivity contribution in [2.45, 2.75) is 91.9 Å². The second kappa shape index (κ2) is 10.3. The molecule has 2 aromatic rings. The monoisotopic (exact) mass is 538 g/mol. The summed E-state index contributed by atoms with van der Waals surface area (Å²) in [5, 5.41) is 0. The molecule has 0 aromatic heterocycles. The van der Waals surface area contributed by atoms with Crippen LogP contribution in [-0.4, -0.2) is 0 Å². The Balaban J connectivity index is 1.15. The SMILES string of the molecule is C=C1CC=CC(CC2=CCc3c(C)cc(C)c(C)c3C2)=C1C1=Cc2cc3c(cc2C1)CC(C1CCC(C)CC1)C3=C. The molecule has 0 amide bonds. The maximum absolute atomic E-state index is 4.67. The summed E-state index contributed by atoms with van der Waals surface area (Å²) in [6, 6.07) is 7.40. The van der Waals surface area contributed by atoms with E-state index < -0.39 is 0 Å². The summed E-state index contributed by atoms with van der Waals surface area (Å²) in [4.78, 5) is 0. The third-order valence-corrected chi connectivity index (χ3v) is 11.4. The minimum atomic E-state index is 0.658. The minimum Gasteiger partial charge on any atom is -0.0949 e. The molecule has 0 bridgehead atoms. The molecule has 0 aliphatic heterocycles. The van der Waals surface area contributed by atoms with Gasteiger partial charge in [-0.25, -0.2) is 0 Å². The van der Waals surface area contributed by atoms with Crippen LogP contribution in [0.25, 0.3) is 11.6 Å². The van der Waals surface area contributed by atoms with Gasteiger partial charge in [0.2, 0.25) is 0 Å². The lowest BCUT2D eigenvalue weighted by molar-refractivity contribution is 0.247. The fraction of sp³-hybridized carbons (Fsp3) is 0.415. The third-order valence-electron chi connectivity index (χ3n) is 11.4. The van der Waals surface area contributed by atoms with E-state index in [1.54, 1.807) is 22.3 Å². The van der Waals surface area contributed by atoms with Crippen LogP contribution in [0.4, 0.5) is 0 Å². The second-order valence-electron chi connectivity index (χ2n) is 14.0. The number of rotatable bonds is 4. The van der Waals surface area contributed by atoms with Gasteiger partial charge in [-0.15, -0.1) is 0 Å². The predicted molar refractivity (Wildman–Crippen MR) is 176 cm³/mol. The molecule has 2 aromatic carbocycles. The van der Waals surface area contributed by atoms with Crippen molar-refractivity contribution in [3.8, 4) is 0 Å². The molecule has 0 heteroatoms. The average molecular weight is 539 g/mol. The first kappa shape index (κ1) is 26.8. The van der Waals surface area contributed by atoms with E-state index >= 15 is 0 Å². The van der Waals surface area contributed by atoms with Crippen LogP contribution in [-0.2, 0) is 25.7 Å². The van der Waals surface area contributed by atoms with E-state index in [2.05, 4.69) is 83.4 Å². The molecular weight excluding hydrogens is 492 g/mol. The van der Waals surface area contributed by atoms with Gasteiger partial charge in [0.15, 0.2) is 0 Å². The van der Waals surface area contributed by atoms with Crippen molar-refractivity contribution < 1.29 is 0 Å². The van der Waals surface area contributed by atoms with Gasteiger partial charge in [0, 0.05) is 0 Å². The van der Waals surface area contributed by atoms with Crippen molar-refractivity contribution in [3.05, 3.63) is 128 Å². The van der Waals surface area contributed by atoms with E-state index in [-0.39, 0.29) is 0 Å². The van der Waals surface area contributed by atoms with Gasteiger partial charge < -0.3 is 0 Å². The van der Waals surface area contributed by atoms with Crippen molar-refractivity contribution in [1.29, 1.82) is 0 Å². The lowest BCUT2D eigenvalue weighted by Crippen LogP contribution is -2.20. The molecule has 0 N–H and O–H groups in total. The zero-order valence-corrected chi connectivity index (χ0v) is 25.8. The highest BCUT2D eigenvalue weighted by molar-refractivity contribution is 5.80. The van der Waals surface area contributed by atoms with Gasteiger partial charge >= 0.3 is 0 Å². The number of allylic oxidation sites excluding steroid dienone is 9. The first-order chi connectivity index (χ1) is 19.8. The smallest absolute Gasteiger partial charge is 0.00134 e. The highest BCUT2D eigenvalue weighted by Crippen LogP contribution is 2.48. The van der Waals surface area contributed by atoms with Crippen molar-refractivity contribution in [2.24, 2.45) is 17.8 Å². The highest BCUT2D eigenvalue weighted by atomic mass is 14.4. The summed E-state index contributed by atoms with van der Waals surface area (Å²) in [5.41, 5.74) is 22.0. The summed E-state index contributed by atoms with van der Waals surface area (Å²) in [5.74, 6) is 2.39. The molecule has 0 spiro atoms. The fourth-order valence-electron chi connectivity index (χ4n) is 8.78. The number of aryl methyl sites for hydroxylation is 2. The standard InChI is InChI=1S/C41H46/c1-24-10-13-31(14-11-24)38-23-35-19-33-20-36(21-34(33)22-39(35)29(38)6)41-25(2)8-7-9-32(41)17-30-12-15-37-27(4)16-26(3)28(5)40(37)18-30/h7,9,12,16,19,21-22,24,31,38H,2,6,8,10-11,13-15,17-18,20,23H2,1,3-5H3. The van der Waals surface area contributed by atoms with E-state index in [9.17, 15) is 0 Å². The van der Waals surface area contributed by atoms with Crippen molar-refractivity contribution in [1.82, 2.24) is 0 Å². The molecule has 7 rings (SSSR count). The Labute approximate surface area is 248 Å². The number of hydrogen-bond acceptors (Lipinski definition) is 0. The molecule has 5 aliphatic rings. The van der Waals surface area contributed by atoms with Crippen molar-refractivity contribution >= 4 is 11.6 Å². The van der Waals surface area contributed by atoms with Crippen LogP contribution in [0.2, 0.25) is 0 Å². The van der Waals surface area contributed by atoms with Crippen molar-refractivity contribution in [3.63, 3.8) is 0 Å². The molecule has 0 heterocycles. The second-order valence-corrected chi connectivity index (χ2v) is 14.0. The molecule has 1 fully saturated rings. The Kier molecular flexibility index (Phi) is 6.72. The lowest BCUT2D eigenvalue weighted by atomic mass is 9.74. The summed E-state index contributed by atoms with van der Waals surface area (Å²) in [7, 11) is 0. The largest absolute Gasteiger partial charge is 0.0949 e. The van der Waals surface area contributed by atoms with Crippen LogP contribution in [0.15, 0.2) is 77.5 Å². The first-order valence-corrected chi connectivity index (χ1v) is 16.2. The topological polar surface area (TPSA) is 0 Å². The average Bonchev–Trinajstić information content (AvgIpc) is 3.51. The summed E-state index contributed by atoms with van der Waals surface area (Å²) >= 11 is 0. The maximum Gasteiger partial charge on any atom is -0.00134 e. The van der Waals surface area contributed by atoms with E-state index in [1.165, 1.54) is 93.4 Å². The predicted octanol–water partition coefficient (Wildman–Crippen LogP) is 10.5. The Hall–Kier alpha value is -3.12. The van der Waals surface area contributed by atoms with Crippen LogP contribution in [0, 0.1) is 38.5 Å². The zero-order chi connectivity index (χ0) is 28.4. The number of benzene rings is 2. The quantitative estimate of drug-likeness (QED) is 0.340. The fourth-order valence-corrected chi connectivity index (χ4v) is 8.78. The van der Waals surface area contributed by atoms with E-state index in [0.29, 0.717) is 5.92 Å². The van der Waals surface area contributed by atoms with Crippen LogP contribution < -0.4 is 0 Å². The molecule has 0 radical (unpaired) electrons. The van der Waals surface area contributed by atoms with Crippen LogP contribution in [0.3, 0.4) is 0 Å². The molecule has 1 atom stereocenters. The van der Waals surface area contributed by atoms with Gasteiger partial charge in [0.1, 0.15) is 0 Å².